The van der Waals surface area contributed by atoms with Crippen LogP contribution in [-0.2, 0) is 4.79 Å². The van der Waals surface area contributed by atoms with E-state index in [-0.39, 0.29) is 23.7 Å². The third-order valence-electron chi connectivity index (χ3n) is 6.04. The lowest BCUT2D eigenvalue weighted by Gasteiger charge is -2.55. The molecule has 2 bridgehead atoms. The third kappa shape index (κ3) is 1.59. The van der Waals surface area contributed by atoms with E-state index in [1.807, 2.05) is 12.1 Å². The number of fused-ring (bicyclic) bond motifs is 4. The van der Waals surface area contributed by atoms with Gasteiger partial charge in [0.2, 0.25) is 0 Å². The zero-order valence-corrected chi connectivity index (χ0v) is 11.8. The number of hydrogen-bond donors (Lipinski definition) is 1. The molecule has 3 fully saturated rings. The molecule has 108 valence electrons. The lowest BCUT2D eigenvalue weighted by molar-refractivity contribution is -0.174. The highest BCUT2D eigenvalue weighted by atomic mass is 16.3. The molecular weight excluding hydrogens is 252 g/mol. The third-order valence-corrected chi connectivity index (χ3v) is 6.04. The number of hydrogen-bond acceptors (Lipinski definition) is 3. The van der Waals surface area contributed by atoms with Gasteiger partial charge in [-0.25, -0.2) is 0 Å². The van der Waals surface area contributed by atoms with Crippen LogP contribution in [0.1, 0.15) is 56.6 Å². The van der Waals surface area contributed by atoms with Crippen molar-refractivity contribution in [3.8, 4) is 0 Å². The van der Waals surface area contributed by atoms with Gasteiger partial charge in [-0.1, -0.05) is 19.3 Å². The van der Waals surface area contributed by atoms with Crippen molar-refractivity contribution in [3.63, 3.8) is 0 Å². The standard InChI is InChI=1S/C17H22O3/c18-16-11-5-3-7-13(16)17(19)9-2-1-6-12(17)15(11)14-8-4-10-20-14/h4,8,10-13,15,19H,1-3,5-7,9H2/t11-,12-,13-,15-,17-/m1/s1. The molecule has 20 heavy (non-hydrogen) atoms. The second-order valence-electron chi connectivity index (χ2n) is 6.88. The Kier molecular flexibility index (Phi) is 2.81. The molecule has 3 heteroatoms. The number of furan rings is 1. The summed E-state index contributed by atoms with van der Waals surface area (Å²) in [5.74, 6) is 1.48. The Morgan fingerprint density at radius 1 is 1.20 bits per heavy atom. The van der Waals surface area contributed by atoms with Crippen molar-refractivity contribution in [2.24, 2.45) is 17.8 Å². The first-order valence-corrected chi connectivity index (χ1v) is 8.01. The Balaban J connectivity index is 1.82. The Morgan fingerprint density at radius 2 is 2.10 bits per heavy atom. The van der Waals surface area contributed by atoms with Crippen molar-refractivity contribution in [1.82, 2.24) is 0 Å². The van der Waals surface area contributed by atoms with Crippen LogP contribution < -0.4 is 0 Å². The topological polar surface area (TPSA) is 50.4 Å². The molecule has 1 aromatic rings. The van der Waals surface area contributed by atoms with E-state index >= 15 is 0 Å². The molecule has 3 aliphatic carbocycles. The van der Waals surface area contributed by atoms with Gasteiger partial charge in [0.1, 0.15) is 11.5 Å². The molecule has 0 saturated heterocycles. The molecule has 0 unspecified atom stereocenters. The van der Waals surface area contributed by atoms with Gasteiger partial charge in [0.25, 0.3) is 0 Å². The smallest absolute Gasteiger partial charge is 0.142 e. The van der Waals surface area contributed by atoms with Crippen LogP contribution in [0.5, 0.6) is 0 Å². The van der Waals surface area contributed by atoms with E-state index < -0.39 is 5.60 Å². The Labute approximate surface area is 119 Å². The molecule has 1 heterocycles. The maximum atomic E-state index is 12.8. The predicted octanol–water partition coefficient (Wildman–Crippen LogP) is 3.28. The average Bonchev–Trinajstić information content (AvgIpc) is 2.95. The van der Waals surface area contributed by atoms with Crippen LogP contribution in [0, 0.1) is 17.8 Å². The number of Topliss-reactive ketones (excluding diaryl/α,β-unsaturated/α-hetero) is 1. The summed E-state index contributed by atoms with van der Waals surface area (Å²) in [6.45, 7) is 0. The van der Waals surface area contributed by atoms with E-state index in [4.69, 9.17) is 4.42 Å². The van der Waals surface area contributed by atoms with Crippen LogP contribution in [0.25, 0.3) is 0 Å². The van der Waals surface area contributed by atoms with Gasteiger partial charge < -0.3 is 9.52 Å². The molecule has 1 N–H and O–H groups in total. The van der Waals surface area contributed by atoms with Gasteiger partial charge in [0.15, 0.2) is 0 Å². The van der Waals surface area contributed by atoms with Gasteiger partial charge in [-0.15, -0.1) is 0 Å². The number of carbonyl (C=O) groups is 1. The van der Waals surface area contributed by atoms with Gasteiger partial charge in [-0.3, -0.25) is 4.79 Å². The molecule has 5 atom stereocenters. The van der Waals surface area contributed by atoms with E-state index in [0.29, 0.717) is 5.78 Å². The highest BCUT2D eigenvalue weighted by molar-refractivity contribution is 5.87. The second-order valence-corrected chi connectivity index (χ2v) is 6.88. The minimum absolute atomic E-state index is 0.0725. The maximum Gasteiger partial charge on any atom is 0.142 e. The molecule has 4 rings (SSSR count). The van der Waals surface area contributed by atoms with Crippen molar-refractivity contribution >= 4 is 5.78 Å². The molecule has 0 aliphatic heterocycles. The van der Waals surface area contributed by atoms with Gasteiger partial charge in [-0.2, -0.15) is 0 Å². The van der Waals surface area contributed by atoms with Crippen molar-refractivity contribution in [1.29, 1.82) is 0 Å². The fraction of sp³-hybridized carbons (Fsp3) is 0.706. The summed E-state index contributed by atoms with van der Waals surface area (Å²) in [5.41, 5.74) is -0.774. The summed E-state index contributed by atoms with van der Waals surface area (Å²) in [6.07, 6.45) is 8.63. The Morgan fingerprint density at radius 3 is 2.90 bits per heavy atom. The first-order valence-electron chi connectivity index (χ1n) is 8.01. The monoisotopic (exact) mass is 274 g/mol. The van der Waals surface area contributed by atoms with E-state index in [0.717, 1.165) is 50.7 Å². The quantitative estimate of drug-likeness (QED) is 0.855. The minimum atomic E-state index is -0.774. The molecule has 0 amide bonds. The van der Waals surface area contributed by atoms with Gasteiger partial charge >= 0.3 is 0 Å². The van der Waals surface area contributed by atoms with Gasteiger partial charge in [-0.05, 0) is 43.7 Å². The Bertz CT molecular complexity index is 506. The number of aliphatic hydroxyl groups is 1. The Hall–Kier alpha value is -1.09. The zero-order valence-electron chi connectivity index (χ0n) is 11.8. The minimum Gasteiger partial charge on any atom is -0.469 e. The SMILES string of the molecule is O=C1[C@H]2CCC[C@@H]1[C@@H](c1ccco1)[C@H]1CCCC[C@]21O. The first kappa shape index (κ1) is 12.6. The lowest BCUT2D eigenvalue weighted by Crippen LogP contribution is -2.60. The molecule has 0 spiro atoms. The fourth-order valence-corrected chi connectivity index (χ4v) is 5.23. The van der Waals surface area contributed by atoms with E-state index in [9.17, 15) is 9.90 Å². The normalized spacial score (nSPS) is 44.1. The molecular formula is C17H22O3. The van der Waals surface area contributed by atoms with Gasteiger partial charge in [0.05, 0.1) is 11.9 Å². The van der Waals surface area contributed by atoms with Crippen molar-refractivity contribution in [3.05, 3.63) is 24.2 Å². The van der Waals surface area contributed by atoms with E-state index in [1.165, 1.54) is 0 Å². The second kappa shape index (κ2) is 4.45. The molecule has 1 aromatic heterocycles. The van der Waals surface area contributed by atoms with Crippen molar-refractivity contribution in [2.45, 2.75) is 56.5 Å². The zero-order chi connectivity index (χ0) is 13.7. The molecule has 3 saturated carbocycles. The molecule has 3 aliphatic rings. The number of rotatable bonds is 1. The highest BCUT2D eigenvalue weighted by Crippen LogP contribution is 2.58. The number of carbonyl (C=O) groups excluding carboxylic acids is 1. The average molecular weight is 274 g/mol. The summed E-state index contributed by atoms with van der Waals surface area (Å²) in [4.78, 5) is 12.8. The fourth-order valence-electron chi connectivity index (χ4n) is 5.23. The highest BCUT2D eigenvalue weighted by Gasteiger charge is 2.60. The van der Waals surface area contributed by atoms with Crippen LogP contribution in [-0.4, -0.2) is 16.5 Å². The maximum absolute atomic E-state index is 12.8. The summed E-state index contributed by atoms with van der Waals surface area (Å²) in [7, 11) is 0. The number of ketones is 1. The molecule has 0 aromatic carbocycles. The summed E-state index contributed by atoms with van der Waals surface area (Å²) in [6, 6.07) is 3.89. The summed E-state index contributed by atoms with van der Waals surface area (Å²) < 4.78 is 5.64. The van der Waals surface area contributed by atoms with E-state index in [2.05, 4.69) is 0 Å². The van der Waals surface area contributed by atoms with Crippen LogP contribution in [0.3, 0.4) is 0 Å². The van der Waals surface area contributed by atoms with Crippen LogP contribution >= 0.6 is 0 Å². The first-order chi connectivity index (χ1) is 9.72. The summed E-state index contributed by atoms with van der Waals surface area (Å²) in [5, 5.41) is 11.3. The predicted molar refractivity (Wildman–Crippen MR) is 74.2 cm³/mol. The lowest BCUT2D eigenvalue weighted by atomic mass is 9.50. The van der Waals surface area contributed by atoms with Gasteiger partial charge in [0, 0.05) is 17.8 Å². The van der Waals surface area contributed by atoms with Crippen LogP contribution in [0.4, 0.5) is 0 Å². The van der Waals surface area contributed by atoms with Crippen LogP contribution in [0.2, 0.25) is 0 Å². The van der Waals surface area contributed by atoms with Crippen molar-refractivity contribution in [2.75, 3.05) is 0 Å². The van der Waals surface area contributed by atoms with Crippen molar-refractivity contribution < 1.29 is 14.3 Å². The largest absolute Gasteiger partial charge is 0.469 e. The molecule has 3 nitrogen and oxygen atoms in total. The molecule has 0 radical (unpaired) electrons. The van der Waals surface area contributed by atoms with E-state index in [1.54, 1.807) is 6.26 Å². The van der Waals surface area contributed by atoms with Crippen LogP contribution in [0.15, 0.2) is 22.8 Å². The summed E-state index contributed by atoms with van der Waals surface area (Å²) >= 11 is 0.